The average Bonchev–Trinajstić information content (AvgIpc) is 2.50. The number of amides is 1. The van der Waals surface area contributed by atoms with Crippen molar-refractivity contribution in [3.8, 4) is 11.6 Å². The van der Waals surface area contributed by atoms with E-state index < -0.39 is 5.91 Å². The second-order valence-corrected chi connectivity index (χ2v) is 4.55. The number of nitrogens with zero attached hydrogens (tertiary/aromatic N) is 3. The van der Waals surface area contributed by atoms with Crippen LogP contribution in [0.4, 0.5) is 5.69 Å². The standard InChI is InChI=1S/C12H10Cl2N4O3/c1-20-9-3-8(17-18-12(9)21-2)11(19)16-10-6(13)4-15-5-7(10)14/h3-5H,1-2H3,(H,15,16,19). The molecule has 0 aromatic carbocycles. The highest BCUT2D eigenvalue weighted by Gasteiger charge is 2.16. The van der Waals surface area contributed by atoms with Gasteiger partial charge in [0.1, 0.15) is 0 Å². The van der Waals surface area contributed by atoms with Gasteiger partial charge in [-0.25, -0.2) is 0 Å². The normalized spacial score (nSPS) is 10.1. The van der Waals surface area contributed by atoms with Crippen molar-refractivity contribution in [2.75, 3.05) is 19.5 Å². The third-order valence-electron chi connectivity index (χ3n) is 2.47. The molecule has 0 spiro atoms. The van der Waals surface area contributed by atoms with Gasteiger partial charge in [0.25, 0.3) is 11.8 Å². The first-order valence-corrected chi connectivity index (χ1v) is 6.38. The Kier molecular flexibility index (Phi) is 4.77. The van der Waals surface area contributed by atoms with E-state index in [0.29, 0.717) is 0 Å². The van der Waals surface area contributed by atoms with E-state index in [1.165, 1.54) is 32.7 Å². The van der Waals surface area contributed by atoms with E-state index in [1.54, 1.807) is 0 Å². The van der Waals surface area contributed by atoms with Gasteiger partial charge in [0, 0.05) is 18.5 Å². The Balaban J connectivity index is 2.29. The maximum absolute atomic E-state index is 12.1. The zero-order chi connectivity index (χ0) is 15.4. The van der Waals surface area contributed by atoms with Gasteiger partial charge in [0.05, 0.1) is 30.0 Å². The van der Waals surface area contributed by atoms with Crippen LogP contribution in [0.25, 0.3) is 0 Å². The summed E-state index contributed by atoms with van der Waals surface area (Å²) >= 11 is 11.8. The summed E-state index contributed by atoms with van der Waals surface area (Å²) in [6, 6.07) is 1.39. The fourth-order valence-electron chi connectivity index (χ4n) is 1.47. The lowest BCUT2D eigenvalue weighted by Gasteiger charge is -2.09. The van der Waals surface area contributed by atoms with E-state index >= 15 is 0 Å². The first-order chi connectivity index (χ1) is 10.1. The first-order valence-electron chi connectivity index (χ1n) is 5.63. The summed E-state index contributed by atoms with van der Waals surface area (Å²) in [5, 5.41) is 10.5. The summed E-state index contributed by atoms with van der Waals surface area (Å²) in [5.41, 5.74) is 0.270. The van der Waals surface area contributed by atoms with Gasteiger partial charge in [0.2, 0.25) is 0 Å². The molecule has 21 heavy (non-hydrogen) atoms. The number of anilines is 1. The monoisotopic (exact) mass is 328 g/mol. The van der Waals surface area contributed by atoms with Crippen molar-refractivity contribution in [1.29, 1.82) is 0 Å². The first kappa shape index (κ1) is 15.3. The molecule has 0 bridgehead atoms. The number of halogens is 2. The molecule has 0 aliphatic rings. The van der Waals surface area contributed by atoms with Gasteiger partial charge in [-0.05, 0) is 0 Å². The molecule has 110 valence electrons. The van der Waals surface area contributed by atoms with Gasteiger partial charge in [-0.3, -0.25) is 9.78 Å². The molecule has 0 aliphatic heterocycles. The molecule has 0 radical (unpaired) electrons. The lowest BCUT2D eigenvalue weighted by Crippen LogP contribution is -2.15. The number of carbonyl (C=O) groups is 1. The van der Waals surface area contributed by atoms with Gasteiger partial charge in [-0.1, -0.05) is 23.2 Å². The number of hydrogen-bond acceptors (Lipinski definition) is 6. The number of carbonyl (C=O) groups excluding carboxylic acids is 1. The van der Waals surface area contributed by atoms with E-state index in [1.807, 2.05) is 0 Å². The van der Waals surface area contributed by atoms with E-state index in [-0.39, 0.29) is 33.1 Å². The average molecular weight is 329 g/mol. The highest BCUT2D eigenvalue weighted by Crippen LogP contribution is 2.29. The summed E-state index contributed by atoms with van der Waals surface area (Å²) in [6.45, 7) is 0. The molecule has 2 rings (SSSR count). The Morgan fingerprint density at radius 1 is 1.14 bits per heavy atom. The van der Waals surface area contributed by atoms with Crippen molar-refractivity contribution in [3.05, 3.63) is 34.2 Å². The quantitative estimate of drug-likeness (QED) is 0.927. The summed E-state index contributed by atoms with van der Waals surface area (Å²) in [6.07, 6.45) is 2.73. The predicted octanol–water partition coefficient (Wildman–Crippen LogP) is 2.45. The molecule has 0 atom stereocenters. The molecular formula is C12H10Cl2N4O3. The molecule has 1 N–H and O–H groups in total. The zero-order valence-corrected chi connectivity index (χ0v) is 12.6. The number of rotatable bonds is 4. The van der Waals surface area contributed by atoms with Crippen molar-refractivity contribution in [2.24, 2.45) is 0 Å². The SMILES string of the molecule is COc1cc(C(=O)Nc2c(Cl)cncc2Cl)nnc1OC. The van der Waals surface area contributed by atoms with Crippen molar-refractivity contribution in [1.82, 2.24) is 15.2 Å². The second-order valence-electron chi connectivity index (χ2n) is 3.74. The highest BCUT2D eigenvalue weighted by atomic mass is 35.5. The van der Waals surface area contributed by atoms with Crippen LogP contribution in [0.3, 0.4) is 0 Å². The summed E-state index contributed by atoms with van der Waals surface area (Å²) in [5.74, 6) is -0.0861. The molecule has 0 saturated heterocycles. The molecule has 2 heterocycles. The molecule has 2 aromatic heterocycles. The number of pyridine rings is 1. The van der Waals surface area contributed by atoms with E-state index in [9.17, 15) is 4.79 Å². The molecule has 9 heteroatoms. The Labute approximate surface area is 130 Å². The minimum atomic E-state index is -0.543. The molecular weight excluding hydrogens is 319 g/mol. The molecule has 7 nitrogen and oxygen atoms in total. The third-order valence-corrected chi connectivity index (χ3v) is 3.04. The van der Waals surface area contributed by atoms with Crippen molar-refractivity contribution >= 4 is 34.8 Å². The number of methoxy groups -OCH3 is 2. The number of nitrogens with one attached hydrogen (secondary N) is 1. The minimum Gasteiger partial charge on any atom is -0.491 e. The Bertz CT molecular complexity index is 661. The van der Waals surface area contributed by atoms with Crippen LogP contribution in [0.2, 0.25) is 10.0 Å². The van der Waals surface area contributed by atoms with Crippen LogP contribution in [0, 0.1) is 0 Å². The van der Waals surface area contributed by atoms with E-state index in [0.717, 1.165) is 0 Å². The largest absolute Gasteiger partial charge is 0.491 e. The molecule has 0 fully saturated rings. The summed E-state index contributed by atoms with van der Waals surface area (Å²) in [4.78, 5) is 15.9. The van der Waals surface area contributed by atoms with Crippen LogP contribution >= 0.6 is 23.2 Å². The molecule has 2 aromatic rings. The molecule has 0 saturated carbocycles. The second kappa shape index (κ2) is 6.55. The van der Waals surface area contributed by atoms with Crippen LogP contribution < -0.4 is 14.8 Å². The van der Waals surface area contributed by atoms with E-state index in [2.05, 4.69) is 20.5 Å². The summed E-state index contributed by atoms with van der Waals surface area (Å²) < 4.78 is 10.0. The van der Waals surface area contributed by atoms with Crippen LogP contribution in [0.5, 0.6) is 11.6 Å². The van der Waals surface area contributed by atoms with Gasteiger partial charge in [0.15, 0.2) is 11.4 Å². The lowest BCUT2D eigenvalue weighted by molar-refractivity contribution is 0.102. The molecule has 0 aliphatic carbocycles. The van der Waals surface area contributed by atoms with Crippen molar-refractivity contribution < 1.29 is 14.3 Å². The van der Waals surface area contributed by atoms with Gasteiger partial charge in [-0.15, -0.1) is 10.2 Å². The molecule has 0 unspecified atom stereocenters. The van der Waals surface area contributed by atoms with Crippen LogP contribution in [0.1, 0.15) is 10.5 Å². The fourth-order valence-corrected chi connectivity index (χ4v) is 1.93. The van der Waals surface area contributed by atoms with Gasteiger partial charge in [-0.2, -0.15) is 0 Å². The maximum Gasteiger partial charge on any atom is 0.276 e. The third kappa shape index (κ3) is 3.32. The Morgan fingerprint density at radius 2 is 1.81 bits per heavy atom. The number of aromatic nitrogens is 3. The number of hydrogen-bond donors (Lipinski definition) is 1. The van der Waals surface area contributed by atoms with Crippen molar-refractivity contribution in [3.63, 3.8) is 0 Å². The minimum absolute atomic E-state index is 0.0246. The lowest BCUT2D eigenvalue weighted by atomic mass is 10.3. The summed E-state index contributed by atoms with van der Waals surface area (Å²) in [7, 11) is 2.85. The Hall–Kier alpha value is -2.12. The van der Waals surface area contributed by atoms with Gasteiger partial charge >= 0.3 is 0 Å². The topological polar surface area (TPSA) is 86.2 Å². The van der Waals surface area contributed by atoms with E-state index in [4.69, 9.17) is 32.7 Å². The van der Waals surface area contributed by atoms with Crippen molar-refractivity contribution in [2.45, 2.75) is 0 Å². The number of ether oxygens (including phenoxy) is 2. The van der Waals surface area contributed by atoms with Crippen LogP contribution in [-0.4, -0.2) is 35.3 Å². The smallest absolute Gasteiger partial charge is 0.276 e. The predicted molar refractivity (Wildman–Crippen MR) is 77.3 cm³/mol. The van der Waals surface area contributed by atoms with Crippen LogP contribution in [-0.2, 0) is 0 Å². The Morgan fingerprint density at radius 3 is 2.38 bits per heavy atom. The maximum atomic E-state index is 12.1. The van der Waals surface area contributed by atoms with Crippen LogP contribution in [0.15, 0.2) is 18.5 Å². The zero-order valence-electron chi connectivity index (χ0n) is 11.1. The van der Waals surface area contributed by atoms with Gasteiger partial charge < -0.3 is 14.8 Å². The fraction of sp³-hybridized carbons (Fsp3) is 0.167. The molecule has 1 amide bonds. The highest BCUT2D eigenvalue weighted by molar-refractivity contribution is 6.39.